The summed E-state index contributed by atoms with van der Waals surface area (Å²) in [6.07, 6.45) is 4.18. The molecule has 0 radical (unpaired) electrons. The first-order valence-corrected chi connectivity index (χ1v) is 8.92. The van der Waals surface area contributed by atoms with Crippen LogP contribution in [0.2, 0.25) is 0 Å². The average molecular weight is 294 g/mol. The summed E-state index contributed by atoms with van der Waals surface area (Å²) in [6, 6.07) is 5.53. The highest BCUT2D eigenvalue weighted by Crippen LogP contribution is 2.30. The molecule has 110 valence electrons. The summed E-state index contributed by atoms with van der Waals surface area (Å²) in [5, 5.41) is 3.30. The number of sulfonamides is 1. The molecular weight excluding hydrogens is 272 g/mol. The number of hydrogen-bond acceptors (Lipinski definition) is 3. The van der Waals surface area contributed by atoms with Crippen LogP contribution in [0.15, 0.2) is 23.1 Å². The third-order valence-electron chi connectivity index (χ3n) is 4.48. The fourth-order valence-corrected chi connectivity index (χ4v) is 4.66. The van der Waals surface area contributed by atoms with Gasteiger partial charge in [0.15, 0.2) is 0 Å². The van der Waals surface area contributed by atoms with Gasteiger partial charge in [0.05, 0.1) is 4.90 Å². The highest BCUT2D eigenvalue weighted by molar-refractivity contribution is 7.89. The van der Waals surface area contributed by atoms with Crippen molar-refractivity contribution in [2.24, 2.45) is 5.92 Å². The molecule has 20 heavy (non-hydrogen) atoms. The van der Waals surface area contributed by atoms with Gasteiger partial charge in [-0.15, -0.1) is 0 Å². The van der Waals surface area contributed by atoms with E-state index in [2.05, 4.69) is 12.2 Å². The zero-order valence-corrected chi connectivity index (χ0v) is 12.7. The van der Waals surface area contributed by atoms with Crippen LogP contribution in [0.1, 0.15) is 31.7 Å². The zero-order chi connectivity index (χ0) is 14.2. The Bertz CT molecular complexity index is 598. The van der Waals surface area contributed by atoms with Gasteiger partial charge in [-0.25, -0.2) is 8.42 Å². The van der Waals surface area contributed by atoms with Crippen LogP contribution in [0.25, 0.3) is 0 Å². The normalized spacial score (nSPS) is 23.4. The highest BCUT2D eigenvalue weighted by Gasteiger charge is 2.32. The SMILES string of the molecule is CCC1CCN(S(=O)(=O)c2ccc3c(c2)NCCC3)C1. The molecule has 4 nitrogen and oxygen atoms in total. The maximum Gasteiger partial charge on any atom is 0.243 e. The molecular formula is C15H22N2O2S. The molecule has 0 spiro atoms. The van der Waals surface area contributed by atoms with Gasteiger partial charge in [0.2, 0.25) is 10.0 Å². The van der Waals surface area contributed by atoms with Crippen molar-refractivity contribution >= 4 is 15.7 Å². The first-order chi connectivity index (χ1) is 9.61. The van der Waals surface area contributed by atoms with Gasteiger partial charge < -0.3 is 5.32 Å². The summed E-state index contributed by atoms with van der Waals surface area (Å²) in [7, 11) is -3.32. The van der Waals surface area contributed by atoms with Gasteiger partial charge in [-0.05, 0) is 42.9 Å². The summed E-state index contributed by atoms with van der Waals surface area (Å²) in [6.45, 7) is 4.39. The Hall–Kier alpha value is -1.07. The maximum atomic E-state index is 12.7. The van der Waals surface area contributed by atoms with Gasteiger partial charge in [-0.1, -0.05) is 19.4 Å². The minimum atomic E-state index is -3.32. The van der Waals surface area contributed by atoms with Crippen molar-refractivity contribution in [1.29, 1.82) is 0 Å². The van der Waals surface area contributed by atoms with Crippen molar-refractivity contribution < 1.29 is 8.42 Å². The Kier molecular flexibility index (Phi) is 3.73. The van der Waals surface area contributed by atoms with Gasteiger partial charge in [-0.2, -0.15) is 4.31 Å². The summed E-state index contributed by atoms with van der Waals surface area (Å²) in [4.78, 5) is 0.433. The van der Waals surface area contributed by atoms with E-state index in [1.54, 1.807) is 10.4 Å². The summed E-state index contributed by atoms with van der Waals surface area (Å²) in [5.74, 6) is 0.514. The van der Waals surface area contributed by atoms with Crippen molar-refractivity contribution in [3.63, 3.8) is 0 Å². The molecule has 0 aliphatic carbocycles. The van der Waals surface area contributed by atoms with Gasteiger partial charge in [0, 0.05) is 25.3 Å². The minimum absolute atomic E-state index is 0.433. The molecule has 1 fully saturated rings. The van der Waals surface area contributed by atoms with Gasteiger partial charge in [0.25, 0.3) is 0 Å². The molecule has 0 bridgehead atoms. The lowest BCUT2D eigenvalue weighted by Crippen LogP contribution is -2.29. The molecule has 3 rings (SSSR count). The molecule has 2 aliphatic rings. The Morgan fingerprint density at radius 3 is 3.00 bits per heavy atom. The molecule has 5 heteroatoms. The number of hydrogen-bond donors (Lipinski definition) is 1. The maximum absolute atomic E-state index is 12.7. The molecule has 1 aromatic rings. The van der Waals surface area contributed by atoms with E-state index in [1.165, 1.54) is 5.56 Å². The lowest BCUT2D eigenvalue weighted by atomic mass is 10.0. The molecule has 1 saturated heterocycles. The predicted molar refractivity (Wildman–Crippen MR) is 80.4 cm³/mol. The second kappa shape index (κ2) is 5.37. The molecule has 1 unspecified atom stereocenters. The number of nitrogens with one attached hydrogen (secondary N) is 1. The standard InChI is InChI=1S/C15H22N2O2S/c1-2-12-7-9-17(11-12)20(18,19)14-6-5-13-4-3-8-16-15(13)10-14/h5-6,10,12,16H,2-4,7-9,11H2,1H3. The van der Waals surface area contributed by atoms with E-state index in [-0.39, 0.29) is 0 Å². The second-order valence-corrected chi connectivity index (χ2v) is 7.71. The Morgan fingerprint density at radius 2 is 2.25 bits per heavy atom. The van der Waals surface area contributed by atoms with Crippen molar-refractivity contribution in [2.45, 2.75) is 37.5 Å². The monoisotopic (exact) mass is 294 g/mol. The largest absolute Gasteiger partial charge is 0.385 e. The van der Waals surface area contributed by atoms with Gasteiger partial charge in [0.1, 0.15) is 0 Å². The number of anilines is 1. The van der Waals surface area contributed by atoms with Crippen LogP contribution in [0.3, 0.4) is 0 Å². The molecule has 0 aromatic heterocycles. The van der Waals surface area contributed by atoms with E-state index in [9.17, 15) is 8.42 Å². The first kappa shape index (κ1) is 13.9. The molecule has 2 heterocycles. The Morgan fingerprint density at radius 1 is 1.40 bits per heavy atom. The van der Waals surface area contributed by atoms with Gasteiger partial charge >= 0.3 is 0 Å². The third-order valence-corrected chi connectivity index (χ3v) is 6.34. The number of nitrogens with zero attached hydrogens (tertiary/aromatic N) is 1. The molecule has 1 atom stereocenters. The zero-order valence-electron chi connectivity index (χ0n) is 11.9. The topological polar surface area (TPSA) is 49.4 Å². The lowest BCUT2D eigenvalue weighted by Gasteiger charge is -2.21. The number of rotatable bonds is 3. The summed E-state index contributed by atoms with van der Waals surface area (Å²) >= 11 is 0. The van der Waals surface area contributed by atoms with E-state index in [0.717, 1.165) is 37.9 Å². The summed E-state index contributed by atoms with van der Waals surface area (Å²) < 4.78 is 27.0. The number of fused-ring (bicyclic) bond motifs is 1. The van der Waals surface area contributed by atoms with Crippen LogP contribution in [0, 0.1) is 5.92 Å². The molecule has 1 aromatic carbocycles. The van der Waals surface area contributed by atoms with E-state index in [4.69, 9.17) is 0 Å². The van der Waals surface area contributed by atoms with Crippen LogP contribution in [-0.4, -0.2) is 32.4 Å². The van der Waals surface area contributed by atoms with E-state index >= 15 is 0 Å². The van der Waals surface area contributed by atoms with Crippen molar-refractivity contribution in [3.05, 3.63) is 23.8 Å². The van der Waals surface area contributed by atoms with E-state index in [0.29, 0.717) is 23.9 Å². The first-order valence-electron chi connectivity index (χ1n) is 7.48. The van der Waals surface area contributed by atoms with Crippen LogP contribution in [0.4, 0.5) is 5.69 Å². The molecule has 0 saturated carbocycles. The van der Waals surface area contributed by atoms with Crippen LogP contribution in [0.5, 0.6) is 0 Å². The quantitative estimate of drug-likeness (QED) is 0.931. The highest BCUT2D eigenvalue weighted by atomic mass is 32.2. The molecule has 1 N–H and O–H groups in total. The molecule has 0 amide bonds. The smallest absolute Gasteiger partial charge is 0.243 e. The number of aryl methyl sites for hydroxylation is 1. The summed E-state index contributed by atoms with van der Waals surface area (Å²) in [5.41, 5.74) is 2.21. The third kappa shape index (κ3) is 2.44. The predicted octanol–water partition coefficient (Wildman–Crippen LogP) is 2.47. The average Bonchev–Trinajstić information content (AvgIpc) is 2.96. The lowest BCUT2D eigenvalue weighted by molar-refractivity contribution is 0.453. The number of benzene rings is 1. The van der Waals surface area contributed by atoms with Gasteiger partial charge in [-0.3, -0.25) is 0 Å². The van der Waals surface area contributed by atoms with Crippen LogP contribution >= 0.6 is 0 Å². The Labute approximate surface area is 121 Å². The fraction of sp³-hybridized carbons (Fsp3) is 0.600. The minimum Gasteiger partial charge on any atom is -0.385 e. The van der Waals surface area contributed by atoms with Crippen molar-refractivity contribution in [3.8, 4) is 0 Å². The van der Waals surface area contributed by atoms with Crippen molar-refractivity contribution in [1.82, 2.24) is 4.31 Å². The van der Waals surface area contributed by atoms with E-state index in [1.807, 2.05) is 12.1 Å². The molecule has 2 aliphatic heterocycles. The Balaban J connectivity index is 1.88. The fourth-order valence-electron chi connectivity index (χ4n) is 3.10. The second-order valence-electron chi connectivity index (χ2n) is 5.78. The van der Waals surface area contributed by atoms with Crippen LogP contribution in [-0.2, 0) is 16.4 Å². The van der Waals surface area contributed by atoms with Crippen molar-refractivity contribution in [2.75, 3.05) is 25.0 Å². The van der Waals surface area contributed by atoms with Crippen LogP contribution < -0.4 is 5.32 Å². The van der Waals surface area contributed by atoms with E-state index < -0.39 is 10.0 Å².